The quantitative estimate of drug-likeness (QED) is 0.131. The highest BCUT2D eigenvalue weighted by Crippen LogP contribution is 2.38. The Kier molecular flexibility index (Phi) is 12.8. The predicted octanol–water partition coefficient (Wildman–Crippen LogP) is 10.1. The van der Waals surface area contributed by atoms with Crippen molar-refractivity contribution in [2.45, 2.75) is 83.1 Å². The lowest BCUT2D eigenvalue weighted by atomic mass is 9.91. The maximum atomic E-state index is 14.7. The van der Waals surface area contributed by atoms with Crippen LogP contribution in [0.15, 0.2) is 133 Å². The number of likely N-dealkylation sites (tertiary alicyclic amines) is 2. The number of imidazole rings is 1. The molecule has 2 fully saturated rings. The van der Waals surface area contributed by atoms with Crippen molar-refractivity contribution in [1.29, 1.82) is 0 Å². The number of alkyl carbamates (subject to hydrolysis) is 1. The second-order valence-electron chi connectivity index (χ2n) is 18.8. The molecule has 10 rings (SSSR count). The second-order valence-corrected chi connectivity index (χ2v) is 18.8. The van der Waals surface area contributed by atoms with Crippen LogP contribution in [0.4, 0.5) is 9.59 Å². The summed E-state index contributed by atoms with van der Waals surface area (Å²) >= 11 is 0. The standard InChI is InChI=1S/C56H57N7O6/c1-35(2)50(60-55(66)68-3)53(64)62-27-10-16-49(62)52-58-33-47(59-52)43-24-23-41-29-40(21-22-42(41)30-43)37-17-19-38(20-18-37)44-31-46(57-32-44)48-15-9-26-61(48)54(65)51-45-14-8-7-13-39(45)25-28-63(51)56(67)69-34-36-11-5-4-6-12-36/h4-8,11-14,17-24,29-30,32-33,35,48-51H,9-10,15-16,25-28,31,34H2,1-3H3,(H,58,59)(H,60,66)/t48-,49-,50-,51+/m0/s1. The summed E-state index contributed by atoms with van der Waals surface area (Å²) in [6, 6.07) is 37.2. The number of benzene rings is 5. The van der Waals surface area contributed by atoms with Crippen molar-refractivity contribution in [3.8, 4) is 22.4 Å². The molecule has 5 heterocycles. The number of aliphatic imine (C=N–C) groups is 1. The predicted molar refractivity (Wildman–Crippen MR) is 266 cm³/mol. The lowest BCUT2D eigenvalue weighted by molar-refractivity contribution is -0.137. The third kappa shape index (κ3) is 9.25. The SMILES string of the molecule is COC(=O)N[C@H](C(=O)N1CCC[C@H]1c1ncc(-c2ccc3cc(-c4ccc(C5=CN=C([C@@H]6CCCN6C(=O)[C@H]6c7ccccc7CCN6C(=O)OCc6ccccc6)C5)cc4)ccc3c2)[nH]1)C(C)C. The van der Waals surface area contributed by atoms with Crippen LogP contribution in [0.25, 0.3) is 38.7 Å². The number of fused-ring (bicyclic) bond motifs is 2. The van der Waals surface area contributed by atoms with Gasteiger partial charge < -0.3 is 29.6 Å². The summed E-state index contributed by atoms with van der Waals surface area (Å²) in [5, 5.41) is 4.92. The van der Waals surface area contributed by atoms with E-state index in [1.807, 2.05) is 84.6 Å². The van der Waals surface area contributed by atoms with Crippen LogP contribution in [0.5, 0.6) is 0 Å². The summed E-state index contributed by atoms with van der Waals surface area (Å²) in [7, 11) is 1.30. The Morgan fingerprint density at radius 2 is 1.43 bits per heavy atom. The highest BCUT2D eigenvalue weighted by molar-refractivity contribution is 6.04. The number of aromatic amines is 1. The van der Waals surface area contributed by atoms with Crippen LogP contribution in [-0.2, 0) is 32.1 Å². The van der Waals surface area contributed by atoms with Crippen molar-refractivity contribution >= 4 is 46.1 Å². The van der Waals surface area contributed by atoms with Gasteiger partial charge in [-0.3, -0.25) is 19.5 Å². The van der Waals surface area contributed by atoms with Gasteiger partial charge in [-0.15, -0.1) is 0 Å². The maximum Gasteiger partial charge on any atom is 0.411 e. The molecule has 352 valence electrons. The Morgan fingerprint density at radius 1 is 0.754 bits per heavy atom. The average molecular weight is 924 g/mol. The zero-order valence-corrected chi connectivity index (χ0v) is 39.3. The normalized spacial score (nSPS) is 19.3. The minimum Gasteiger partial charge on any atom is -0.453 e. The minimum absolute atomic E-state index is 0.0854. The molecule has 0 unspecified atom stereocenters. The van der Waals surface area contributed by atoms with E-state index in [9.17, 15) is 19.2 Å². The molecule has 0 bridgehead atoms. The number of nitrogens with zero attached hydrogens (tertiary/aromatic N) is 5. The maximum absolute atomic E-state index is 14.7. The minimum atomic E-state index is -0.765. The summed E-state index contributed by atoms with van der Waals surface area (Å²) in [5.74, 6) is 0.402. The van der Waals surface area contributed by atoms with E-state index in [4.69, 9.17) is 19.5 Å². The number of allylic oxidation sites excluding steroid dienone is 1. The number of H-pyrrole nitrogens is 1. The number of nitrogens with one attached hydrogen (secondary N) is 2. The van der Waals surface area contributed by atoms with Crippen LogP contribution in [0, 0.1) is 5.92 Å². The zero-order chi connectivity index (χ0) is 47.6. The molecular formula is C56H57N7O6. The number of rotatable bonds is 11. The first-order chi connectivity index (χ1) is 33.6. The van der Waals surface area contributed by atoms with Gasteiger partial charge in [0, 0.05) is 43.5 Å². The smallest absolute Gasteiger partial charge is 0.411 e. The number of hydrogen-bond donors (Lipinski definition) is 2. The fourth-order valence-electron chi connectivity index (χ4n) is 10.5. The van der Waals surface area contributed by atoms with Crippen LogP contribution >= 0.6 is 0 Å². The molecule has 13 nitrogen and oxygen atoms in total. The van der Waals surface area contributed by atoms with Crippen molar-refractivity contribution in [3.05, 3.63) is 156 Å². The highest BCUT2D eigenvalue weighted by atomic mass is 16.6. The van der Waals surface area contributed by atoms with Crippen LogP contribution in [-0.4, -0.2) is 93.2 Å². The van der Waals surface area contributed by atoms with E-state index in [0.717, 1.165) is 98.2 Å². The van der Waals surface area contributed by atoms with Crippen LogP contribution < -0.4 is 5.32 Å². The van der Waals surface area contributed by atoms with Gasteiger partial charge in [0.1, 0.15) is 24.5 Å². The Morgan fingerprint density at radius 3 is 2.20 bits per heavy atom. The highest BCUT2D eigenvalue weighted by Gasteiger charge is 2.44. The van der Waals surface area contributed by atoms with E-state index < -0.39 is 24.3 Å². The fourth-order valence-corrected chi connectivity index (χ4v) is 10.5. The summed E-state index contributed by atoms with van der Waals surface area (Å²) < 4.78 is 10.6. The molecule has 5 aromatic carbocycles. The first kappa shape index (κ1) is 45.3. The molecule has 0 saturated carbocycles. The number of methoxy groups -OCH3 is 1. The number of ether oxygens (including phenoxy) is 2. The van der Waals surface area contributed by atoms with Gasteiger partial charge in [-0.1, -0.05) is 117 Å². The molecule has 13 heteroatoms. The molecule has 2 N–H and O–H groups in total. The first-order valence-corrected chi connectivity index (χ1v) is 24.1. The van der Waals surface area contributed by atoms with Gasteiger partial charge in [-0.2, -0.15) is 0 Å². The van der Waals surface area contributed by atoms with Gasteiger partial charge >= 0.3 is 12.2 Å². The molecule has 0 spiro atoms. The lowest BCUT2D eigenvalue weighted by Gasteiger charge is -2.39. The third-order valence-electron chi connectivity index (χ3n) is 14.2. The second kappa shape index (κ2) is 19.6. The summed E-state index contributed by atoms with van der Waals surface area (Å²) in [6.07, 6.45) is 7.30. The summed E-state index contributed by atoms with van der Waals surface area (Å²) in [6.45, 7) is 5.57. The van der Waals surface area contributed by atoms with E-state index in [-0.39, 0.29) is 36.4 Å². The summed E-state index contributed by atoms with van der Waals surface area (Å²) in [5.41, 5.74) is 10.1. The third-order valence-corrected chi connectivity index (χ3v) is 14.2. The Labute approximate surface area is 402 Å². The molecule has 4 aliphatic rings. The molecule has 1 aromatic heterocycles. The van der Waals surface area contributed by atoms with Crippen molar-refractivity contribution in [1.82, 2.24) is 30.0 Å². The lowest BCUT2D eigenvalue weighted by Crippen LogP contribution is -2.51. The first-order valence-electron chi connectivity index (χ1n) is 24.1. The average Bonchev–Trinajstić information content (AvgIpc) is 4.24. The number of carbonyl (C=O) groups is 4. The Bertz CT molecular complexity index is 2960. The summed E-state index contributed by atoms with van der Waals surface area (Å²) in [4.78, 5) is 72.6. The molecule has 0 aliphatic carbocycles. The number of carbonyl (C=O) groups excluding carboxylic acids is 4. The molecule has 4 amide bonds. The van der Waals surface area contributed by atoms with Crippen LogP contribution in [0.2, 0.25) is 0 Å². The number of hydrogen-bond acceptors (Lipinski definition) is 8. The van der Waals surface area contributed by atoms with Crippen LogP contribution in [0.3, 0.4) is 0 Å². The molecule has 69 heavy (non-hydrogen) atoms. The van der Waals surface area contributed by atoms with Gasteiger partial charge in [0.25, 0.3) is 5.91 Å². The largest absolute Gasteiger partial charge is 0.453 e. The zero-order valence-electron chi connectivity index (χ0n) is 39.3. The van der Waals surface area contributed by atoms with Crippen LogP contribution in [0.1, 0.15) is 86.1 Å². The molecule has 4 atom stereocenters. The van der Waals surface area contributed by atoms with Gasteiger partial charge in [0.05, 0.1) is 31.1 Å². The molecule has 6 aromatic rings. The van der Waals surface area contributed by atoms with Crippen molar-refractivity contribution < 1.29 is 28.7 Å². The van der Waals surface area contributed by atoms with E-state index in [0.29, 0.717) is 32.5 Å². The molecule has 2 saturated heterocycles. The monoisotopic (exact) mass is 923 g/mol. The van der Waals surface area contributed by atoms with Crippen molar-refractivity contribution in [2.75, 3.05) is 26.7 Å². The van der Waals surface area contributed by atoms with E-state index in [2.05, 4.69) is 77.0 Å². The Hall–Kier alpha value is -7.54. The topological polar surface area (TPSA) is 150 Å². The number of amides is 4. The van der Waals surface area contributed by atoms with Gasteiger partial charge in [-0.25, -0.2) is 14.6 Å². The van der Waals surface area contributed by atoms with Gasteiger partial charge in [0.2, 0.25) is 5.91 Å². The molecule has 4 aliphatic heterocycles. The fraction of sp³-hybridized carbons (Fsp3) is 0.321. The van der Waals surface area contributed by atoms with E-state index in [1.165, 1.54) is 7.11 Å². The van der Waals surface area contributed by atoms with E-state index >= 15 is 0 Å². The van der Waals surface area contributed by atoms with Crippen molar-refractivity contribution in [3.63, 3.8) is 0 Å². The Balaban J connectivity index is 0.786. The van der Waals surface area contributed by atoms with Gasteiger partial charge in [0.15, 0.2) is 0 Å². The number of aromatic nitrogens is 2. The van der Waals surface area contributed by atoms with Crippen molar-refractivity contribution in [2.24, 2.45) is 10.9 Å². The van der Waals surface area contributed by atoms with Gasteiger partial charge in [-0.05, 0) is 99.9 Å². The van der Waals surface area contributed by atoms with E-state index in [1.54, 1.807) is 4.90 Å². The molecule has 0 radical (unpaired) electrons. The molecular weight excluding hydrogens is 867 g/mol.